The first-order valence-corrected chi connectivity index (χ1v) is 17.6. The number of nitrogens with zero attached hydrogens (tertiary/aromatic N) is 2. The van der Waals surface area contributed by atoms with Gasteiger partial charge < -0.3 is 24.4 Å². The van der Waals surface area contributed by atoms with Crippen LogP contribution in [0.3, 0.4) is 0 Å². The van der Waals surface area contributed by atoms with Gasteiger partial charge in [0.25, 0.3) is 10.0 Å². The Morgan fingerprint density at radius 2 is 1.47 bits per heavy atom. The third kappa shape index (κ3) is 9.24. The lowest BCUT2D eigenvalue weighted by atomic mass is 10.0. The first kappa shape index (κ1) is 37.1. The highest BCUT2D eigenvalue weighted by Crippen LogP contribution is 2.37. The number of halogens is 1. The van der Waals surface area contributed by atoms with Crippen LogP contribution in [-0.4, -0.2) is 65.6 Å². The summed E-state index contributed by atoms with van der Waals surface area (Å²) in [5, 5.41) is 3.18. The van der Waals surface area contributed by atoms with E-state index in [1.54, 1.807) is 6.07 Å². The molecule has 1 N–H and O–H groups in total. The normalized spacial score (nSPS) is 11.7. The summed E-state index contributed by atoms with van der Waals surface area (Å²) in [5.74, 6) is -0.271. The zero-order valence-corrected chi connectivity index (χ0v) is 29.9. The lowest BCUT2D eigenvalue weighted by Crippen LogP contribution is -2.53. The molecule has 0 aromatic heterocycles. The molecule has 49 heavy (non-hydrogen) atoms. The lowest BCUT2D eigenvalue weighted by Gasteiger charge is -2.34. The number of aryl methyl sites for hydroxylation is 1. The van der Waals surface area contributed by atoms with E-state index in [4.69, 9.17) is 25.8 Å². The van der Waals surface area contributed by atoms with Gasteiger partial charge in [-0.15, -0.1) is 0 Å². The van der Waals surface area contributed by atoms with E-state index in [0.717, 1.165) is 21.0 Å². The van der Waals surface area contributed by atoms with Crippen molar-refractivity contribution in [1.29, 1.82) is 0 Å². The third-order valence-electron chi connectivity index (χ3n) is 7.93. The maximum absolute atomic E-state index is 14.7. The number of nitrogens with one attached hydrogen (secondary N) is 1. The maximum Gasteiger partial charge on any atom is 0.265 e. The Morgan fingerprint density at radius 3 is 2.10 bits per heavy atom. The van der Waals surface area contributed by atoms with Crippen molar-refractivity contribution in [2.45, 2.75) is 44.2 Å². The predicted molar refractivity (Wildman–Crippen MR) is 191 cm³/mol. The molecule has 0 radical (unpaired) electrons. The molecule has 4 aromatic rings. The molecular formula is C37H42ClN3O7S. The molecule has 12 heteroatoms. The summed E-state index contributed by atoms with van der Waals surface area (Å²) in [6.45, 7) is 3.68. The van der Waals surface area contributed by atoms with E-state index in [0.29, 0.717) is 18.7 Å². The van der Waals surface area contributed by atoms with Gasteiger partial charge >= 0.3 is 0 Å². The summed E-state index contributed by atoms with van der Waals surface area (Å²) >= 11 is 6.39. The molecule has 4 aromatic carbocycles. The Kier molecular flexibility index (Phi) is 12.9. The number of methoxy groups -OCH3 is 3. The molecule has 2 amide bonds. The summed E-state index contributed by atoms with van der Waals surface area (Å²) in [4.78, 5) is 29.8. The quantitative estimate of drug-likeness (QED) is 0.151. The van der Waals surface area contributed by atoms with Gasteiger partial charge in [-0.1, -0.05) is 78.7 Å². The Bertz CT molecular complexity index is 1840. The lowest BCUT2D eigenvalue weighted by molar-refractivity contribution is -0.140. The molecule has 260 valence electrons. The van der Waals surface area contributed by atoms with Gasteiger partial charge in [0.1, 0.15) is 18.3 Å². The first-order valence-electron chi connectivity index (χ1n) is 15.8. The van der Waals surface area contributed by atoms with Gasteiger partial charge in [0.05, 0.1) is 31.9 Å². The average Bonchev–Trinajstić information content (AvgIpc) is 3.11. The average molecular weight is 708 g/mol. The van der Waals surface area contributed by atoms with Crippen molar-refractivity contribution in [3.63, 3.8) is 0 Å². The number of ether oxygens (including phenoxy) is 3. The summed E-state index contributed by atoms with van der Waals surface area (Å²) in [5.41, 5.74) is 2.69. The van der Waals surface area contributed by atoms with Crippen LogP contribution >= 0.6 is 11.6 Å². The number of amides is 2. The van der Waals surface area contributed by atoms with Crippen molar-refractivity contribution in [2.24, 2.45) is 0 Å². The summed E-state index contributed by atoms with van der Waals surface area (Å²) in [7, 11) is -0.239. The molecule has 0 heterocycles. The summed E-state index contributed by atoms with van der Waals surface area (Å²) < 4.78 is 46.3. The van der Waals surface area contributed by atoms with Crippen molar-refractivity contribution >= 4 is 39.1 Å². The molecule has 0 unspecified atom stereocenters. The Labute approximate surface area is 293 Å². The second-order valence-electron chi connectivity index (χ2n) is 11.3. The van der Waals surface area contributed by atoms with Crippen molar-refractivity contribution in [3.05, 3.63) is 113 Å². The van der Waals surface area contributed by atoms with Gasteiger partial charge in [0.2, 0.25) is 11.8 Å². The van der Waals surface area contributed by atoms with Gasteiger partial charge in [0.15, 0.2) is 11.5 Å². The minimum atomic E-state index is -4.48. The van der Waals surface area contributed by atoms with E-state index in [9.17, 15) is 18.0 Å². The second-order valence-corrected chi connectivity index (χ2v) is 13.6. The van der Waals surface area contributed by atoms with Crippen LogP contribution in [0.5, 0.6) is 17.2 Å². The predicted octanol–water partition coefficient (Wildman–Crippen LogP) is 6.04. The van der Waals surface area contributed by atoms with E-state index in [1.807, 2.05) is 68.4 Å². The van der Waals surface area contributed by atoms with Gasteiger partial charge in [-0.05, 0) is 54.8 Å². The zero-order chi connectivity index (χ0) is 35.6. The third-order valence-corrected chi connectivity index (χ3v) is 9.92. The molecule has 0 bridgehead atoms. The SMILES string of the molecule is CCCNC(=O)[C@H](Cc1ccccc1)N(Cc1ccc(C)cc1)C(=O)CN(c1cc(Cl)ccc1OC)S(=O)(=O)c1ccc(OC)c(OC)c1. The smallest absolute Gasteiger partial charge is 0.265 e. The van der Waals surface area contributed by atoms with Crippen LogP contribution in [0.15, 0.2) is 95.9 Å². The van der Waals surface area contributed by atoms with Crippen molar-refractivity contribution in [3.8, 4) is 17.2 Å². The van der Waals surface area contributed by atoms with Crippen LogP contribution in [0.2, 0.25) is 5.02 Å². The van der Waals surface area contributed by atoms with Crippen molar-refractivity contribution in [1.82, 2.24) is 10.2 Å². The Balaban J connectivity index is 1.87. The largest absolute Gasteiger partial charge is 0.495 e. The van der Waals surface area contributed by atoms with Crippen LogP contribution in [0.25, 0.3) is 0 Å². The number of hydrogen-bond acceptors (Lipinski definition) is 7. The number of anilines is 1. The fourth-order valence-electron chi connectivity index (χ4n) is 5.29. The number of carbonyl (C=O) groups is 2. The molecule has 1 atom stereocenters. The number of benzene rings is 4. The molecule has 10 nitrogen and oxygen atoms in total. The number of sulfonamides is 1. The minimum Gasteiger partial charge on any atom is -0.495 e. The van der Waals surface area contributed by atoms with Crippen molar-refractivity contribution < 1.29 is 32.2 Å². The highest BCUT2D eigenvalue weighted by atomic mass is 35.5. The molecule has 4 rings (SSSR count). The van der Waals surface area contributed by atoms with Gasteiger partial charge in [-0.2, -0.15) is 0 Å². The van der Waals surface area contributed by atoms with Crippen LogP contribution < -0.4 is 23.8 Å². The van der Waals surface area contributed by atoms with Crippen LogP contribution in [0.1, 0.15) is 30.0 Å². The highest BCUT2D eigenvalue weighted by molar-refractivity contribution is 7.92. The molecule has 0 aliphatic heterocycles. The van der Waals surface area contributed by atoms with Gasteiger partial charge in [0, 0.05) is 30.6 Å². The molecule has 0 aliphatic rings. The molecule has 0 fully saturated rings. The summed E-state index contributed by atoms with van der Waals surface area (Å²) in [6, 6.07) is 24.7. The Hall–Kier alpha value is -4.74. The fraction of sp³-hybridized carbons (Fsp3) is 0.297. The maximum atomic E-state index is 14.7. The van der Waals surface area contributed by atoms with Crippen LogP contribution in [-0.2, 0) is 32.6 Å². The van der Waals surface area contributed by atoms with Crippen molar-refractivity contribution in [2.75, 3.05) is 38.7 Å². The standard InChI is InChI=1S/C37H42ClN3O7S/c1-6-20-39-37(43)32(21-27-10-8-7-9-11-27)40(24-28-14-12-26(2)13-15-28)36(42)25-41(31-22-29(38)16-18-33(31)46-3)49(44,45)30-17-19-34(47-4)35(23-30)48-5/h7-19,22-23,32H,6,20-21,24-25H2,1-5H3,(H,39,43)/t32-/m0/s1. The number of carbonyl (C=O) groups excluding carboxylic acids is 2. The summed E-state index contributed by atoms with van der Waals surface area (Å²) in [6.07, 6.45) is 0.901. The molecule has 0 saturated carbocycles. The monoisotopic (exact) mass is 707 g/mol. The van der Waals surface area contributed by atoms with Gasteiger partial charge in [-0.25, -0.2) is 8.42 Å². The molecule has 0 aliphatic carbocycles. The molecule has 0 saturated heterocycles. The van der Waals surface area contributed by atoms with E-state index in [2.05, 4.69) is 5.32 Å². The highest BCUT2D eigenvalue weighted by Gasteiger charge is 2.36. The molecular weight excluding hydrogens is 666 g/mol. The zero-order valence-electron chi connectivity index (χ0n) is 28.3. The van der Waals surface area contributed by atoms with Crippen LogP contribution in [0.4, 0.5) is 5.69 Å². The van der Waals surface area contributed by atoms with E-state index in [1.165, 1.54) is 56.6 Å². The fourth-order valence-corrected chi connectivity index (χ4v) is 6.88. The topological polar surface area (TPSA) is 114 Å². The number of rotatable bonds is 16. The first-order chi connectivity index (χ1) is 23.5. The minimum absolute atomic E-state index is 0.0449. The van der Waals surface area contributed by atoms with E-state index < -0.39 is 28.5 Å². The second kappa shape index (κ2) is 17.1. The van der Waals surface area contributed by atoms with Crippen LogP contribution in [0, 0.1) is 6.92 Å². The number of hydrogen-bond donors (Lipinski definition) is 1. The molecule has 0 spiro atoms. The van der Waals surface area contributed by atoms with E-state index >= 15 is 0 Å². The van der Waals surface area contributed by atoms with Gasteiger partial charge in [-0.3, -0.25) is 13.9 Å². The van der Waals surface area contributed by atoms with E-state index in [-0.39, 0.29) is 46.0 Å². The Morgan fingerprint density at radius 1 is 0.816 bits per heavy atom.